The molecule has 1 fully saturated rings. The molecular weight excluding hydrogens is 356 g/mol. The Kier molecular flexibility index (Phi) is 5.64. The third kappa shape index (κ3) is 3.85. The lowest BCUT2D eigenvalue weighted by molar-refractivity contribution is -0.153. The molecule has 0 unspecified atom stereocenters. The Morgan fingerprint density at radius 3 is 2.61 bits per heavy atom. The van der Waals surface area contributed by atoms with Crippen LogP contribution in [0.1, 0.15) is 80.8 Å². The van der Waals surface area contributed by atoms with Gasteiger partial charge in [-0.05, 0) is 61.1 Å². The number of ketones is 1. The Labute approximate surface area is 166 Å². The first-order valence-electron chi connectivity index (χ1n) is 10.2. The van der Waals surface area contributed by atoms with Gasteiger partial charge in [0.25, 0.3) is 0 Å². The van der Waals surface area contributed by atoms with Crippen LogP contribution in [0.4, 0.5) is 0 Å². The summed E-state index contributed by atoms with van der Waals surface area (Å²) in [5, 5.41) is 8.74. The summed E-state index contributed by atoms with van der Waals surface area (Å²) in [5.74, 6) is -0.936. The number of esters is 1. The second-order valence-electron chi connectivity index (χ2n) is 9.00. The fourth-order valence-electron chi connectivity index (χ4n) is 5.54. The minimum Gasteiger partial charge on any atom is -0.481 e. The zero-order valence-electron chi connectivity index (χ0n) is 17.0. The number of aliphatic carboxylic acids is 1. The number of hydrogen-bond donors (Lipinski definition) is 1. The molecule has 1 aromatic carbocycles. The second-order valence-corrected chi connectivity index (χ2v) is 9.00. The highest BCUT2D eigenvalue weighted by Gasteiger charge is 2.52. The number of fused-ring (bicyclic) bond motifs is 3. The van der Waals surface area contributed by atoms with Crippen LogP contribution in [0.2, 0.25) is 0 Å². The van der Waals surface area contributed by atoms with Gasteiger partial charge in [-0.3, -0.25) is 14.4 Å². The van der Waals surface area contributed by atoms with Gasteiger partial charge in [0.05, 0.1) is 19.4 Å². The molecule has 0 aliphatic heterocycles. The van der Waals surface area contributed by atoms with E-state index in [0.717, 1.165) is 37.7 Å². The summed E-state index contributed by atoms with van der Waals surface area (Å²) in [5.41, 5.74) is 3.25. The standard InChI is InChI=1S/C23H30O5/c1-15(24)16-5-7-18-17(13-16)6-8-19-22(2,11-4-12-23(18,19)3)14-28-21(27)10-9-20(25)26/h5,7,13,19H,4,6,8-12,14H2,1-3H3,(H,25,26)/t19-,22-,23+/m0/s1. The molecule has 0 spiro atoms. The van der Waals surface area contributed by atoms with Crippen molar-refractivity contribution in [1.29, 1.82) is 0 Å². The van der Waals surface area contributed by atoms with Gasteiger partial charge in [0.15, 0.2) is 5.78 Å². The number of carbonyl (C=O) groups excluding carboxylic acids is 2. The fraction of sp³-hybridized carbons (Fsp3) is 0.609. The minimum atomic E-state index is -0.984. The molecule has 28 heavy (non-hydrogen) atoms. The number of hydrogen-bond acceptors (Lipinski definition) is 4. The number of benzene rings is 1. The van der Waals surface area contributed by atoms with Crippen molar-refractivity contribution < 1.29 is 24.2 Å². The van der Waals surface area contributed by atoms with Crippen LogP contribution in [-0.2, 0) is 26.2 Å². The van der Waals surface area contributed by atoms with Crippen LogP contribution >= 0.6 is 0 Å². The smallest absolute Gasteiger partial charge is 0.306 e. The van der Waals surface area contributed by atoms with Crippen molar-refractivity contribution in [3.8, 4) is 0 Å². The predicted octanol–water partition coefficient (Wildman–Crippen LogP) is 4.31. The largest absolute Gasteiger partial charge is 0.481 e. The maximum absolute atomic E-state index is 12.0. The summed E-state index contributed by atoms with van der Waals surface area (Å²) in [6, 6.07) is 6.12. The number of aryl methyl sites for hydroxylation is 1. The Balaban J connectivity index is 1.79. The number of carboxylic acids is 1. The molecule has 3 atom stereocenters. The minimum absolute atomic E-state index is 0.00335. The number of carboxylic acid groups (broad SMARTS) is 1. The first-order valence-corrected chi connectivity index (χ1v) is 10.2. The molecule has 0 bridgehead atoms. The molecule has 0 heterocycles. The van der Waals surface area contributed by atoms with Gasteiger partial charge in [0, 0.05) is 11.0 Å². The van der Waals surface area contributed by atoms with Crippen molar-refractivity contribution in [2.75, 3.05) is 6.61 Å². The highest BCUT2D eigenvalue weighted by molar-refractivity contribution is 5.94. The summed E-state index contributed by atoms with van der Waals surface area (Å²) in [4.78, 5) is 34.4. The molecule has 1 saturated carbocycles. The van der Waals surface area contributed by atoms with Crippen LogP contribution in [0.5, 0.6) is 0 Å². The van der Waals surface area contributed by atoms with Crippen molar-refractivity contribution in [1.82, 2.24) is 0 Å². The van der Waals surface area contributed by atoms with Gasteiger partial charge in [-0.15, -0.1) is 0 Å². The average Bonchev–Trinajstić information content (AvgIpc) is 2.64. The van der Waals surface area contributed by atoms with Crippen molar-refractivity contribution in [2.45, 2.75) is 71.1 Å². The Bertz CT molecular complexity index is 798. The number of ether oxygens (including phenoxy) is 1. The monoisotopic (exact) mass is 386 g/mol. The Hall–Kier alpha value is -2.17. The number of carbonyl (C=O) groups is 3. The lowest BCUT2D eigenvalue weighted by atomic mass is 9.50. The van der Waals surface area contributed by atoms with Gasteiger partial charge >= 0.3 is 11.9 Å². The zero-order valence-corrected chi connectivity index (χ0v) is 17.0. The van der Waals surface area contributed by atoms with Crippen LogP contribution in [0.3, 0.4) is 0 Å². The number of rotatable bonds is 6. The van der Waals surface area contributed by atoms with E-state index in [1.165, 1.54) is 11.1 Å². The lowest BCUT2D eigenvalue weighted by Gasteiger charge is -2.55. The highest BCUT2D eigenvalue weighted by Crippen LogP contribution is 2.57. The third-order valence-corrected chi connectivity index (χ3v) is 6.99. The molecule has 5 nitrogen and oxygen atoms in total. The predicted molar refractivity (Wildman–Crippen MR) is 105 cm³/mol. The lowest BCUT2D eigenvalue weighted by Crippen LogP contribution is -2.51. The normalized spacial score (nSPS) is 28.8. The molecule has 1 aromatic rings. The molecule has 3 rings (SSSR count). The summed E-state index contributed by atoms with van der Waals surface area (Å²) >= 11 is 0. The van der Waals surface area contributed by atoms with E-state index in [4.69, 9.17) is 9.84 Å². The van der Waals surface area contributed by atoms with E-state index in [0.29, 0.717) is 12.5 Å². The summed E-state index contributed by atoms with van der Waals surface area (Å²) in [7, 11) is 0. The van der Waals surface area contributed by atoms with Gasteiger partial charge in [0.1, 0.15) is 0 Å². The Morgan fingerprint density at radius 1 is 1.18 bits per heavy atom. The molecule has 0 aromatic heterocycles. The van der Waals surface area contributed by atoms with Gasteiger partial charge in [-0.25, -0.2) is 0 Å². The SMILES string of the molecule is CC(=O)c1ccc2c(c1)CC[C@H]1[C@](C)(COC(=O)CCC(=O)O)CCC[C@]21C. The van der Waals surface area contributed by atoms with E-state index in [-0.39, 0.29) is 29.5 Å². The summed E-state index contributed by atoms with van der Waals surface area (Å²) in [6.07, 6.45) is 4.82. The van der Waals surface area contributed by atoms with E-state index >= 15 is 0 Å². The molecule has 2 aliphatic rings. The molecule has 5 heteroatoms. The van der Waals surface area contributed by atoms with E-state index in [2.05, 4.69) is 26.0 Å². The topological polar surface area (TPSA) is 80.7 Å². The zero-order chi connectivity index (χ0) is 20.5. The second kappa shape index (κ2) is 7.69. The van der Waals surface area contributed by atoms with Crippen LogP contribution in [-0.4, -0.2) is 29.4 Å². The fourth-order valence-corrected chi connectivity index (χ4v) is 5.54. The van der Waals surface area contributed by atoms with Crippen LogP contribution in [0.15, 0.2) is 18.2 Å². The number of Topliss-reactive ketones (excluding diaryl/α,β-unsaturated/α-hetero) is 1. The van der Waals surface area contributed by atoms with Crippen molar-refractivity contribution in [3.05, 3.63) is 34.9 Å². The van der Waals surface area contributed by atoms with Crippen molar-refractivity contribution >= 4 is 17.7 Å². The molecule has 152 valence electrons. The van der Waals surface area contributed by atoms with Crippen LogP contribution < -0.4 is 0 Å². The average molecular weight is 386 g/mol. The van der Waals surface area contributed by atoms with Crippen LogP contribution in [0, 0.1) is 11.3 Å². The van der Waals surface area contributed by atoms with Crippen molar-refractivity contribution in [2.24, 2.45) is 11.3 Å². The first-order chi connectivity index (χ1) is 13.2. The third-order valence-electron chi connectivity index (χ3n) is 6.99. The van der Waals surface area contributed by atoms with Crippen LogP contribution in [0.25, 0.3) is 0 Å². The molecule has 0 amide bonds. The molecule has 0 saturated heterocycles. The quantitative estimate of drug-likeness (QED) is 0.582. The van der Waals surface area contributed by atoms with Gasteiger partial charge in [0.2, 0.25) is 0 Å². The Morgan fingerprint density at radius 2 is 1.93 bits per heavy atom. The van der Waals surface area contributed by atoms with E-state index in [9.17, 15) is 14.4 Å². The van der Waals surface area contributed by atoms with Gasteiger partial charge in [-0.1, -0.05) is 32.4 Å². The molecule has 0 radical (unpaired) electrons. The van der Waals surface area contributed by atoms with Crippen molar-refractivity contribution in [3.63, 3.8) is 0 Å². The van der Waals surface area contributed by atoms with Gasteiger partial charge in [-0.2, -0.15) is 0 Å². The highest BCUT2D eigenvalue weighted by atomic mass is 16.5. The van der Waals surface area contributed by atoms with E-state index in [1.807, 2.05) is 6.07 Å². The van der Waals surface area contributed by atoms with Gasteiger partial charge < -0.3 is 9.84 Å². The molecule has 1 N–H and O–H groups in total. The maximum atomic E-state index is 12.0. The molecule has 2 aliphatic carbocycles. The molecular formula is C23H30O5. The summed E-state index contributed by atoms with van der Waals surface area (Å²) in [6.45, 7) is 6.46. The first kappa shape index (κ1) is 20.6. The van der Waals surface area contributed by atoms with E-state index < -0.39 is 11.9 Å². The maximum Gasteiger partial charge on any atom is 0.306 e. The summed E-state index contributed by atoms with van der Waals surface area (Å²) < 4.78 is 5.52. The van der Waals surface area contributed by atoms with E-state index in [1.54, 1.807) is 6.92 Å².